The van der Waals surface area contributed by atoms with Crippen LogP contribution in [-0.2, 0) is 17.9 Å². The van der Waals surface area contributed by atoms with Crippen molar-refractivity contribution in [1.82, 2.24) is 4.98 Å². The predicted molar refractivity (Wildman–Crippen MR) is 71.4 cm³/mol. The molecule has 0 spiro atoms. The Labute approximate surface area is 107 Å². The van der Waals surface area contributed by atoms with Crippen LogP contribution in [0.15, 0.2) is 0 Å². The van der Waals surface area contributed by atoms with E-state index in [9.17, 15) is 0 Å². The van der Waals surface area contributed by atoms with Crippen molar-refractivity contribution in [1.29, 1.82) is 0 Å². The third-order valence-electron chi connectivity index (χ3n) is 2.93. The first-order valence-electron chi connectivity index (χ1n) is 6.24. The molecule has 1 aromatic heterocycles. The Morgan fingerprint density at radius 3 is 2.82 bits per heavy atom. The molecule has 17 heavy (non-hydrogen) atoms. The molecule has 4 nitrogen and oxygen atoms in total. The number of hydrogen-bond acceptors (Lipinski definition) is 5. The van der Waals surface area contributed by atoms with E-state index in [4.69, 9.17) is 15.5 Å². The number of thiazole rings is 1. The van der Waals surface area contributed by atoms with Gasteiger partial charge < -0.3 is 15.4 Å². The average molecular weight is 255 g/mol. The number of nitrogens with two attached hydrogens (primary N) is 1. The van der Waals surface area contributed by atoms with Crippen molar-refractivity contribution in [2.75, 3.05) is 18.6 Å². The number of anilines is 1. The normalized spacial score (nSPS) is 15.2. The van der Waals surface area contributed by atoms with E-state index in [1.54, 1.807) is 18.4 Å². The van der Waals surface area contributed by atoms with Crippen LogP contribution < -0.4 is 10.6 Å². The fourth-order valence-corrected chi connectivity index (χ4v) is 3.00. The highest BCUT2D eigenvalue weighted by Crippen LogP contribution is 2.35. The molecule has 0 aromatic carbocycles. The Morgan fingerprint density at radius 1 is 1.53 bits per heavy atom. The fourth-order valence-electron chi connectivity index (χ4n) is 1.96. The third kappa shape index (κ3) is 2.97. The van der Waals surface area contributed by atoms with Gasteiger partial charge in [-0.25, -0.2) is 4.98 Å². The molecule has 2 N–H and O–H groups in total. The second-order valence-electron chi connectivity index (χ2n) is 4.43. The van der Waals surface area contributed by atoms with Crippen LogP contribution in [0.25, 0.3) is 0 Å². The lowest BCUT2D eigenvalue weighted by Gasteiger charge is -2.20. The molecule has 0 saturated heterocycles. The van der Waals surface area contributed by atoms with E-state index in [0.29, 0.717) is 19.2 Å². The quantitative estimate of drug-likeness (QED) is 0.811. The summed E-state index contributed by atoms with van der Waals surface area (Å²) in [7, 11) is 1.70. The van der Waals surface area contributed by atoms with Crippen molar-refractivity contribution in [3.63, 3.8) is 0 Å². The maximum absolute atomic E-state index is 5.76. The second-order valence-corrected chi connectivity index (χ2v) is 5.49. The minimum atomic E-state index is 0.557. The molecule has 0 bridgehead atoms. The zero-order chi connectivity index (χ0) is 12.3. The van der Waals surface area contributed by atoms with Crippen LogP contribution in [0.1, 0.15) is 36.8 Å². The molecule has 0 aliphatic heterocycles. The predicted octanol–water partition coefficient (Wildman–Crippen LogP) is 2.13. The van der Waals surface area contributed by atoms with Crippen LogP contribution in [-0.4, -0.2) is 24.7 Å². The lowest BCUT2D eigenvalue weighted by molar-refractivity contribution is 0.181. The van der Waals surface area contributed by atoms with Crippen LogP contribution in [0.5, 0.6) is 0 Å². The molecule has 1 fully saturated rings. The molecule has 1 saturated carbocycles. The number of rotatable bonds is 7. The van der Waals surface area contributed by atoms with Crippen LogP contribution in [0.2, 0.25) is 0 Å². The molecule has 2 rings (SSSR count). The summed E-state index contributed by atoms with van der Waals surface area (Å²) >= 11 is 1.73. The molecular weight excluding hydrogens is 234 g/mol. The highest BCUT2D eigenvalue weighted by atomic mass is 32.1. The Kier molecular flexibility index (Phi) is 4.36. The zero-order valence-electron chi connectivity index (χ0n) is 10.6. The smallest absolute Gasteiger partial charge is 0.186 e. The Hall–Kier alpha value is -0.650. The van der Waals surface area contributed by atoms with Gasteiger partial charge in [0.25, 0.3) is 0 Å². The second kappa shape index (κ2) is 5.80. The van der Waals surface area contributed by atoms with Crippen molar-refractivity contribution >= 4 is 16.5 Å². The first-order chi connectivity index (χ1) is 8.30. The minimum Gasteiger partial charge on any atom is -0.378 e. The first kappa shape index (κ1) is 12.8. The number of methoxy groups -OCH3 is 1. The summed E-state index contributed by atoms with van der Waals surface area (Å²) in [6.07, 6.45) is 3.77. The lowest BCUT2D eigenvalue weighted by Crippen LogP contribution is -2.26. The number of ether oxygens (including phenoxy) is 1. The van der Waals surface area contributed by atoms with Gasteiger partial charge in [0, 0.05) is 31.1 Å². The standard InChI is InChI=1S/C12H21N3OS/c1-3-6-15(9-4-5-9)12-14-10(8-16-2)11(7-13)17-12/h9H,3-8,13H2,1-2H3. The molecule has 1 aromatic rings. The summed E-state index contributed by atoms with van der Waals surface area (Å²) in [4.78, 5) is 8.28. The van der Waals surface area contributed by atoms with Crippen molar-refractivity contribution in [3.8, 4) is 0 Å². The van der Waals surface area contributed by atoms with Crippen molar-refractivity contribution in [3.05, 3.63) is 10.6 Å². The van der Waals surface area contributed by atoms with E-state index in [0.717, 1.165) is 28.7 Å². The Bertz CT molecular complexity index is 363. The van der Waals surface area contributed by atoms with E-state index in [1.807, 2.05) is 0 Å². The largest absolute Gasteiger partial charge is 0.378 e. The van der Waals surface area contributed by atoms with E-state index < -0.39 is 0 Å². The van der Waals surface area contributed by atoms with Crippen LogP contribution in [0.3, 0.4) is 0 Å². The van der Waals surface area contributed by atoms with Crippen LogP contribution >= 0.6 is 11.3 Å². The maximum Gasteiger partial charge on any atom is 0.186 e. The maximum atomic E-state index is 5.76. The summed E-state index contributed by atoms with van der Waals surface area (Å²) in [6, 6.07) is 0.710. The van der Waals surface area contributed by atoms with Gasteiger partial charge in [-0.3, -0.25) is 0 Å². The van der Waals surface area contributed by atoms with E-state index in [2.05, 4.69) is 11.8 Å². The number of hydrogen-bond donors (Lipinski definition) is 1. The zero-order valence-corrected chi connectivity index (χ0v) is 11.4. The summed E-state index contributed by atoms with van der Waals surface area (Å²) in [5.41, 5.74) is 6.77. The Balaban J connectivity index is 2.17. The van der Waals surface area contributed by atoms with Gasteiger partial charge in [-0.1, -0.05) is 6.92 Å². The van der Waals surface area contributed by atoms with E-state index in [1.165, 1.54) is 12.8 Å². The molecule has 0 atom stereocenters. The SMILES string of the molecule is CCCN(c1nc(COC)c(CN)s1)C1CC1. The van der Waals surface area contributed by atoms with E-state index in [-0.39, 0.29) is 0 Å². The average Bonchev–Trinajstić information content (AvgIpc) is 3.08. The molecule has 0 amide bonds. The molecule has 96 valence electrons. The number of nitrogens with zero attached hydrogens (tertiary/aromatic N) is 2. The third-order valence-corrected chi connectivity index (χ3v) is 4.09. The summed E-state index contributed by atoms with van der Waals surface area (Å²) in [5.74, 6) is 0. The minimum absolute atomic E-state index is 0.557. The van der Waals surface area contributed by atoms with Gasteiger partial charge in [-0.05, 0) is 19.3 Å². The first-order valence-corrected chi connectivity index (χ1v) is 7.06. The van der Waals surface area contributed by atoms with Crippen LogP contribution in [0, 0.1) is 0 Å². The van der Waals surface area contributed by atoms with Crippen LogP contribution in [0.4, 0.5) is 5.13 Å². The molecule has 0 unspecified atom stereocenters. The van der Waals surface area contributed by atoms with Gasteiger partial charge in [-0.15, -0.1) is 11.3 Å². The summed E-state index contributed by atoms with van der Waals surface area (Å²) in [5, 5.41) is 1.13. The highest BCUT2D eigenvalue weighted by molar-refractivity contribution is 7.15. The van der Waals surface area contributed by atoms with Gasteiger partial charge in [0.2, 0.25) is 0 Å². The van der Waals surface area contributed by atoms with Gasteiger partial charge >= 0.3 is 0 Å². The van der Waals surface area contributed by atoms with Crippen molar-refractivity contribution in [2.45, 2.75) is 45.4 Å². The molecule has 1 aliphatic rings. The van der Waals surface area contributed by atoms with E-state index >= 15 is 0 Å². The number of aromatic nitrogens is 1. The van der Waals surface area contributed by atoms with Gasteiger partial charge in [0.15, 0.2) is 5.13 Å². The highest BCUT2D eigenvalue weighted by Gasteiger charge is 2.30. The fraction of sp³-hybridized carbons (Fsp3) is 0.750. The molecule has 0 radical (unpaired) electrons. The molecular formula is C12H21N3OS. The molecule has 5 heteroatoms. The lowest BCUT2D eigenvalue weighted by atomic mass is 10.4. The summed E-state index contributed by atoms with van der Waals surface area (Å²) in [6.45, 7) is 4.42. The van der Waals surface area contributed by atoms with Crippen molar-refractivity contribution < 1.29 is 4.74 Å². The molecule has 1 aliphatic carbocycles. The van der Waals surface area contributed by atoms with Gasteiger partial charge in [0.1, 0.15) is 0 Å². The monoisotopic (exact) mass is 255 g/mol. The Morgan fingerprint density at radius 2 is 2.29 bits per heavy atom. The molecule has 1 heterocycles. The van der Waals surface area contributed by atoms with Gasteiger partial charge in [-0.2, -0.15) is 0 Å². The summed E-state index contributed by atoms with van der Waals surface area (Å²) < 4.78 is 5.17. The van der Waals surface area contributed by atoms with Crippen molar-refractivity contribution in [2.24, 2.45) is 5.73 Å². The topological polar surface area (TPSA) is 51.4 Å². The van der Waals surface area contributed by atoms with Gasteiger partial charge in [0.05, 0.1) is 12.3 Å².